The molecule has 2 rings (SSSR count). The third-order valence-electron chi connectivity index (χ3n) is 4.40. The summed E-state index contributed by atoms with van der Waals surface area (Å²) in [5, 5.41) is 9.31. The van der Waals surface area contributed by atoms with Crippen molar-refractivity contribution in [1.82, 2.24) is 0 Å². The number of carbonyl (C=O) groups is 3. The van der Waals surface area contributed by atoms with Gasteiger partial charge < -0.3 is 34.5 Å². The number of aliphatic hydroxyl groups excluding tert-OH is 1. The summed E-state index contributed by atoms with van der Waals surface area (Å²) in [6.07, 6.45) is -5.29. The van der Waals surface area contributed by atoms with Crippen LogP contribution in [0.1, 0.15) is 38.8 Å². The second-order valence-electron chi connectivity index (χ2n) is 6.85. The van der Waals surface area contributed by atoms with Crippen molar-refractivity contribution >= 4 is 17.9 Å². The lowest BCUT2D eigenvalue weighted by atomic mass is 9.98. The molecule has 30 heavy (non-hydrogen) atoms. The van der Waals surface area contributed by atoms with E-state index in [1.807, 2.05) is 0 Å². The minimum atomic E-state index is -1.21. The molecule has 3 N–H and O–H groups in total. The summed E-state index contributed by atoms with van der Waals surface area (Å²) in [7, 11) is 0. The van der Waals surface area contributed by atoms with Gasteiger partial charge >= 0.3 is 17.9 Å². The van der Waals surface area contributed by atoms with Crippen LogP contribution < -0.4 is 10.5 Å². The Balaban J connectivity index is 2.40. The number of ether oxygens (including phenoxy) is 5. The summed E-state index contributed by atoms with van der Waals surface area (Å²) >= 11 is 0. The first-order chi connectivity index (χ1) is 14.2. The number of hydrogen-bond donors (Lipinski definition) is 2. The largest absolute Gasteiger partial charge is 0.460 e. The Bertz CT molecular complexity index is 782. The summed E-state index contributed by atoms with van der Waals surface area (Å²) in [6.45, 7) is 5.14. The summed E-state index contributed by atoms with van der Waals surface area (Å²) in [4.78, 5) is 35.0. The SMILES string of the molecule is CC(=O)O[C@@H]1[C@@H](OC(C)=O)[C@H](Oc2ccc(CO)cc2CN)O[C@H](C)[C@H]1OC(C)=O. The molecular formula is C20H27NO9. The van der Waals surface area contributed by atoms with Crippen LogP contribution in [0.15, 0.2) is 18.2 Å². The number of hydrogen-bond acceptors (Lipinski definition) is 10. The summed E-state index contributed by atoms with van der Waals surface area (Å²) < 4.78 is 27.7. The molecule has 1 aliphatic rings. The minimum absolute atomic E-state index is 0.118. The van der Waals surface area contributed by atoms with Gasteiger partial charge in [0.2, 0.25) is 12.4 Å². The maximum Gasteiger partial charge on any atom is 0.303 e. The number of carbonyl (C=O) groups excluding carboxylic acids is 3. The van der Waals surface area contributed by atoms with Gasteiger partial charge in [-0.25, -0.2) is 0 Å². The van der Waals surface area contributed by atoms with E-state index in [4.69, 9.17) is 29.4 Å². The highest BCUT2D eigenvalue weighted by molar-refractivity contribution is 5.68. The molecule has 5 atom stereocenters. The van der Waals surface area contributed by atoms with Crippen LogP contribution in [-0.4, -0.2) is 53.7 Å². The molecule has 0 unspecified atom stereocenters. The molecule has 10 heteroatoms. The molecule has 1 saturated heterocycles. The second-order valence-corrected chi connectivity index (χ2v) is 6.85. The Hall–Kier alpha value is -2.69. The Morgan fingerprint density at radius 1 is 1.00 bits per heavy atom. The van der Waals surface area contributed by atoms with Crippen LogP contribution in [-0.2, 0) is 46.5 Å². The highest BCUT2D eigenvalue weighted by Gasteiger charge is 2.51. The standard InChI is InChI=1S/C20H27NO9/c1-10-17(27-11(2)23)18(28-12(3)24)19(29-13(4)25)20(26-10)30-16-6-5-14(9-22)7-15(16)8-21/h5-7,10,17-20,22H,8-9,21H2,1-4H3/t10-,17-,18+,19-,20+/m1/s1. The Labute approximate surface area is 174 Å². The van der Waals surface area contributed by atoms with Crippen molar-refractivity contribution in [3.8, 4) is 5.75 Å². The lowest BCUT2D eigenvalue weighted by molar-refractivity contribution is -0.280. The van der Waals surface area contributed by atoms with Crippen LogP contribution in [0, 0.1) is 0 Å². The molecule has 0 spiro atoms. The van der Waals surface area contributed by atoms with Gasteiger partial charge in [-0.05, 0) is 24.6 Å². The van der Waals surface area contributed by atoms with Gasteiger partial charge in [-0.2, -0.15) is 0 Å². The fourth-order valence-electron chi connectivity index (χ4n) is 3.20. The Morgan fingerprint density at radius 2 is 1.57 bits per heavy atom. The lowest BCUT2D eigenvalue weighted by Gasteiger charge is -2.43. The minimum Gasteiger partial charge on any atom is -0.460 e. The third-order valence-corrected chi connectivity index (χ3v) is 4.40. The van der Waals surface area contributed by atoms with E-state index in [0.717, 1.165) is 0 Å². The summed E-state index contributed by atoms with van der Waals surface area (Å²) in [6, 6.07) is 4.92. The molecule has 0 aliphatic carbocycles. The van der Waals surface area contributed by atoms with Crippen molar-refractivity contribution in [3.63, 3.8) is 0 Å². The smallest absolute Gasteiger partial charge is 0.303 e. The van der Waals surface area contributed by atoms with E-state index in [1.165, 1.54) is 20.8 Å². The molecule has 1 fully saturated rings. The fraction of sp³-hybridized carbons (Fsp3) is 0.550. The van der Waals surface area contributed by atoms with E-state index in [2.05, 4.69) is 0 Å². The predicted octanol–water partition coefficient (Wildman–Crippen LogP) is 0.556. The monoisotopic (exact) mass is 425 g/mol. The van der Waals surface area contributed by atoms with Crippen LogP contribution in [0.4, 0.5) is 0 Å². The molecule has 1 aromatic rings. The molecule has 0 radical (unpaired) electrons. The quantitative estimate of drug-likeness (QED) is 0.469. The van der Waals surface area contributed by atoms with Crippen molar-refractivity contribution in [1.29, 1.82) is 0 Å². The maximum atomic E-state index is 11.7. The van der Waals surface area contributed by atoms with Gasteiger partial charge in [0.1, 0.15) is 5.75 Å². The Kier molecular flexibility index (Phi) is 8.16. The van der Waals surface area contributed by atoms with Gasteiger partial charge in [0, 0.05) is 32.9 Å². The zero-order chi connectivity index (χ0) is 22.4. The topological polar surface area (TPSA) is 144 Å². The first kappa shape index (κ1) is 23.6. The van der Waals surface area contributed by atoms with Crippen LogP contribution in [0.3, 0.4) is 0 Å². The van der Waals surface area contributed by atoms with Gasteiger partial charge in [-0.1, -0.05) is 6.07 Å². The van der Waals surface area contributed by atoms with Crippen molar-refractivity contribution in [2.75, 3.05) is 0 Å². The average Bonchev–Trinajstić information content (AvgIpc) is 2.67. The zero-order valence-corrected chi connectivity index (χ0v) is 17.3. The van der Waals surface area contributed by atoms with Crippen molar-refractivity contribution in [3.05, 3.63) is 29.3 Å². The third kappa shape index (κ3) is 5.91. The number of esters is 3. The fourth-order valence-corrected chi connectivity index (χ4v) is 3.20. The molecule has 0 aromatic heterocycles. The van der Waals surface area contributed by atoms with Crippen LogP contribution >= 0.6 is 0 Å². The number of nitrogens with two attached hydrogens (primary N) is 1. The lowest BCUT2D eigenvalue weighted by Crippen LogP contribution is -2.62. The van der Waals surface area contributed by atoms with E-state index in [0.29, 0.717) is 16.9 Å². The highest BCUT2D eigenvalue weighted by Crippen LogP contribution is 2.31. The van der Waals surface area contributed by atoms with Crippen LogP contribution in [0.5, 0.6) is 5.75 Å². The molecule has 166 valence electrons. The van der Waals surface area contributed by atoms with Crippen molar-refractivity contribution < 1.29 is 43.2 Å². The first-order valence-corrected chi connectivity index (χ1v) is 9.42. The molecule has 1 aromatic carbocycles. The number of aliphatic hydroxyl groups is 1. The van der Waals surface area contributed by atoms with E-state index < -0.39 is 48.6 Å². The summed E-state index contributed by atoms with van der Waals surface area (Å²) in [5.74, 6) is -1.59. The molecular weight excluding hydrogens is 398 g/mol. The average molecular weight is 425 g/mol. The first-order valence-electron chi connectivity index (χ1n) is 9.42. The van der Waals surface area contributed by atoms with Crippen LogP contribution in [0.25, 0.3) is 0 Å². The van der Waals surface area contributed by atoms with E-state index in [1.54, 1.807) is 25.1 Å². The normalized spacial score (nSPS) is 25.9. The molecule has 10 nitrogen and oxygen atoms in total. The van der Waals surface area contributed by atoms with Crippen LogP contribution in [0.2, 0.25) is 0 Å². The van der Waals surface area contributed by atoms with Gasteiger partial charge in [0.05, 0.1) is 12.7 Å². The second kappa shape index (κ2) is 10.4. The zero-order valence-electron chi connectivity index (χ0n) is 17.3. The van der Waals surface area contributed by atoms with Gasteiger partial charge in [0.25, 0.3) is 0 Å². The van der Waals surface area contributed by atoms with Crippen molar-refractivity contribution in [2.45, 2.75) is 71.6 Å². The van der Waals surface area contributed by atoms with E-state index >= 15 is 0 Å². The molecule has 1 aliphatic heterocycles. The van der Waals surface area contributed by atoms with E-state index in [9.17, 15) is 19.5 Å². The van der Waals surface area contributed by atoms with Gasteiger partial charge in [0.15, 0.2) is 12.2 Å². The predicted molar refractivity (Wildman–Crippen MR) is 102 cm³/mol. The highest BCUT2D eigenvalue weighted by atomic mass is 16.7. The van der Waals surface area contributed by atoms with Crippen molar-refractivity contribution in [2.24, 2.45) is 5.73 Å². The maximum absolute atomic E-state index is 11.7. The molecule has 1 heterocycles. The molecule has 0 saturated carbocycles. The van der Waals surface area contributed by atoms with Gasteiger partial charge in [-0.15, -0.1) is 0 Å². The van der Waals surface area contributed by atoms with E-state index in [-0.39, 0.29) is 13.2 Å². The molecule has 0 bridgehead atoms. The van der Waals surface area contributed by atoms with Gasteiger partial charge in [-0.3, -0.25) is 14.4 Å². The Morgan fingerprint density at radius 3 is 2.10 bits per heavy atom. The number of benzene rings is 1. The summed E-state index contributed by atoms with van der Waals surface area (Å²) in [5.41, 5.74) is 7.01. The number of rotatable bonds is 7. The molecule has 0 amide bonds.